The Labute approximate surface area is 239 Å². The minimum absolute atomic E-state index is 0.0193. The summed E-state index contributed by atoms with van der Waals surface area (Å²) in [4.78, 5) is 35.7. The lowest BCUT2D eigenvalue weighted by Crippen LogP contribution is -2.72. The van der Waals surface area contributed by atoms with Crippen LogP contribution in [0.4, 0.5) is 0 Å². The topological polar surface area (TPSA) is 213 Å². The molecule has 6 N–H and O–H groups in total. The summed E-state index contributed by atoms with van der Waals surface area (Å²) in [7, 11) is 0. The van der Waals surface area contributed by atoms with Crippen LogP contribution in [-0.2, 0) is 19.1 Å². The fourth-order valence-corrected chi connectivity index (χ4v) is 4.77. The Bertz CT molecular complexity index is 1480. The molecule has 13 heteroatoms. The van der Waals surface area contributed by atoms with E-state index in [1.807, 2.05) is 0 Å². The standard InChI is InChI=1S/C29H32O13/c1-14(2)9-22(31)29(38)26(36)21(13-40-24(34)11-23(32)33)42-28(27(29)37)41-17-7-8-18-20(10-17)39-12-19(25(18)35)15-3-5-16(30)6-4-15/h3-8,10,12,14,21-22,26-28,30-31,36-38H,9,11,13H2,1-2H3,(H,32,33). The number of carbonyl (C=O) groups is 2. The molecule has 1 saturated heterocycles. The third-order valence-corrected chi connectivity index (χ3v) is 6.98. The minimum Gasteiger partial charge on any atom is -0.508 e. The second kappa shape index (κ2) is 12.5. The largest absolute Gasteiger partial charge is 0.508 e. The monoisotopic (exact) mass is 588 g/mol. The van der Waals surface area contributed by atoms with Gasteiger partial charge in [0, 0.05) is 6.07 Å². The van der Waals surface area contributed by atoms with Crippen LogP contribution in [-0.4, -0.2) is 85.5 Å². The van der Waals surface area contributed by atoms with Crippen LogP contribution in [0, 0.1) is 5.92 Å². The first-order valence-corrected chi connectivity index (χ1v) is 13.1. The van der Waals surface area contributed by atoms with Gasteiger partial charge in [-0.2, -0.15) is 0 Å². The first-order valence-electron chi connectivity index (χ1n) is 13.1. The zero-order chi connectivity index (χ0) is 30.8. The number of esters is 1. The molecule has 1 aromatic heterocycles. The molecular weight excluding hydrogens is 556 g/mol. The van der Waals surface area contributed by atoms with Gasteiger partial charge in [-0.1, -0.05) is 26.0 Å². The molecule has 0 bridgehead atoms. The number of benzene rings is 2. The van der Waals surface area contributed by atoms with Gasteiger partial charge in [0.2, 0.25) is 6.29 Å². The van der Waals surface area contributed by atoms with Crippen molar-refractivity contribution in [2.24, 2.45) is 5.92 Å². The molecule has 0 amide bonds. The van der Waals surface area contributed by atoms with E-state index < -0.39 is 61.3 Å². The van der Waals surface area contributed by atoms with Crippen molar-refractivity contribution >= 4 is 22.9 Å². The molecule has 2 aromatic carbocycles. The van der Waals surface area contributed by atoms with Crippen LogP contribution in [0.15, 0.2) is 57.9 Å². The zero-order valence-corrected chi connectivity index (χ0v) is 22.7. The summed E-state index contributed by atoms with van der Waals surface area (Å²) in [5, 5.41) is 62.7. The van der Waals surface area contributed by atoms with Gasteiger partial charge in [-0.15, -0.1) is 0 Å². The summed E-state index contributed by atoms with van der Waals surface area (Å²) >= 11 is 0. The van der Waals surface area contributed by atoms with Crippen molar-refractivity contribution < 1.29 is 58.9 Å². The average Bonchev–Trinajstić information content (AvgIpc) is 2.92. The zero-order valence-electron chi connectivity index (χ0n) is 22.7. The molecule has 2 heterocycles. The smallest absolute Gasteiger partial charge is 0.317 e. The van der Waals surface area contributed by atoms with E-state index in [1.165, 1.54) is 36.6 Å². The van der Waals surface area contributed by atoms with E-state index in [9.17, 15) is 39.9 Å². The number of hydrogen-bond acceptors (Lipinski definition) is 12. The van der Waals surface area contributed by atoms with E-state index in [4.69, 9.17) is 23.7 Å². The number of phenolic OH excluding ortho intramolecular Hbond substituents is 1. The molecule has 6 atom stereocenters. The van der Waals surface area contributed by atoms with Crippen molar-refractivity contribution in [3.05, 3.63) is 59.0 Å². The number of aliphatic carboxylic acids is 1. The highest BCUT2D eigenvalue weighted by Crippen LogP contribution is 2.36. The van der Waals surface area contributed by atoms with Gasteiger partial charge in [-0.25, -0.2) is 0 Å². The molecule has 4 rings (SSSR count). The van der Waals surface area contributed by atoms with Crippen LogP contribution in [0.2, 0.25) is 0 Å². The van der Waals surface area contributed by atoms with Gasteiger partial charge < -0.3 is 49.3 Å². The third-order valence-electron chi connectivity index (χ3n) is 6.98. The molecule has 0 radical (unpaired) electrons. The van der Waals surface area contributed by atoms with Crippen LogP contribution >= 0.6 is 0 Å². The number of carbonyl (C=O) groups excluding carboxylic acids is 1. The van der Waals surface area contributed by atoms with Crippen LogP contribution in [0.3, 0.4) is 0 Å². The average molecular weight is 589 g/mol. The lowest BCUT2D eigenvalue weighted by molar-refractivity contribution is -0.334. The predicted molar refractivity (Wildman–Crippen MR) is 145 cm³/mol. The van der Waals surface area contributed by atoms with Crippen molar-refractivity contribution in [1.82, 2.24) is 0 Å². The van der Waals surface area contributed by atoms with Crippen LogP contribution < -0.4 is 10.2 Å². The molecule has 1 aliphatic heterocycles. The number of aromatic hydroxyl groups is 1. The Kier molecular flexibility index (Phi) is 9.18. The van der Waals surface area contributed by atoms with E-state index in [0.717, 1.165) is 0 Å². The van der Waals surface area contributed by atoms with Crippen molar-refractivity contribution in [2.45, 2.75) is 63.0 Å². The van der Waals surface area contributed by atoms with Crippen molar-refractivity contribution in [3.8, 4) is 22.6 Å². The molecular formula is C29H32O13. The fourth-order valence-electron chi connectivity index (χ4n) is 4.77. The fraction of sp³-hybridized carbons (Fsp3) is 0.414. The van der Waals surface area contributed by atoms with Gasteiger partial charge in [0.05, 0.1) is 17.1 Å². The molecule has 3 aromatic rings. The first-order chi connectivity index (χ1) is 19.8. The van der Waals surface area contributed by atoms with Crippen molar-refractivity contribution in [1.29, 1.82) is 0 Å². The van der Waals surface area contributed by atoms with Gasteiger partial charge in [0.1, 0.15) is 54.7 Å². The van der Waals surface area contributed by atoms with E-state index in [-0.39, 0.29) is 45.8 Å². The normalized spacial score (nSPS) is 24.8. The Morgan fingerprint density at radius 3 is 2.40 bits per heavy atom. The first kappa shape index (κ1) is 30.9. The van der Waals surface area contributed by atoms with E-state index >= 15 is 0 Å². The number of carboxylic acids is 1. The second-order valence-electron chi connectivity index (χ2n) is 10.5. The molecule has 6 unspecified atom stereocenters. The van der Waals surface area contributed by atoms with Gasteiger partial charge in [0.25, 0.3) is 0 Å². The molecule has 42 heavy (non-hydrogen) atoms. The summed E-state index contributed by atoms with van der Waals surface area (Å²) in [6.45, 7) is 2.78. The summed E-state index contributed by atoms with van der Waals surface area (Å²) < 4.78 is 21.9. The third kappa shape index (κ3) is 6.40. The molecule has 0 aliphatic carbocycles. The molecule has 1 fully saturated rings. The van der Waals surface area contributed by atoms with Gasteiger partial charge in [0.15, 0.2) is 11.0 Å². The summed E-state index contributed by atoms with van der Waals surface area (Å²) in [5.41, 5.74) is -2.07. The lowest BCUT2D eigenvalue weighted by Gasteiger charge is -2.49. The SMILES string of the molecule is CC(C)CC(O)C1(O)C(O)C(COC(=O)CC(=O)O)OC(Oc2ccc3c(=O)c(-c4ccc(O)cc4)coc3c2)C1O. The quantitative estimate of drug-likeness (QED) is 0.145. The van der Waals surface area contributed by atoms with Crippen LogP contribution in [0.1, 0.15) is 26.7 Å². The number of ether oxygens (including phenoxy) is 3. The van der Waals surface area contributed by atoms with E-state index in [2.05, 4.69) is 0 Å². The highest BCUT2D eigenvalue weighted by atomic mass is 16.7. The van der Waals surface area contributed by atoms with Crippen LogP contribution in [0.5, 0.6) is 11.5 Å². The molecule has 0 spiro atoms. The number of aliphatic hydroxyl groups excluding tert-OH is 3. The highest BCUT2D eigenvalue weighted by molar-refractivity contribution is 5.90. The summed E-state index contributed by atoms with van der Waals surface area (Å²) in [6, 6.07) is 10.1. The lowest BCUT2D eigenvalue weighted by atomic mass is 9.77. The Morgan fingerprint density at radius 2 is 1.76 bits per heavy atom. The number of fused-ring (bicyclic) bond motifs is 1. The predicted octanol–water partition coefficient (Wildman–Crippen LogP) is 1.15. The number of aliphatic hydroxyl groups is 4. The minimum atomic E-state index is -2.60. The van der Waals surface area contributed by atoms with Gasteiger partial charge >= 0.3 is 11.9 Å². The van der Waals surface area contributed by atoms with Crippen molar-refractivity contribution in [2.75, 3.05) is 6.61 Å². The molecule has 0 saturated carbocycles. The molecule has 13 nitrogen and oxygen atoms in total. The second-order valence-corrected chi connectivity index (χ2v) is 10.5. The summed E-state index contributed by atoms with van der Waals surface area (Å²) in [6.07, 6.45) is -8.64. The highest BCUT2D eigenvalue weighted by Gasteiger charge is 2.60. The summed E-state index contributed by atoms with van der Waals surface area (Å²) in [5.74, 6) is -2.68. The van der Waals surface area contributed by atoms with Crippen LogP contribution in [0.25, 0.3) is 22.1 Å². The van der Waals surface area contributed by atoms with Gasteiger partial charge in [-0.3, -0.25) is 14.4 Å². The number of hydrogen-bond donors (Lipinski definition) is 6. The number of phenols is 1. The molecule has 226 valence electrons. The molecule has 1 aliphatic rings. The maximum atomic E-state index is 13.1. The Hall–Kier alpha value is -4.01. The number of rotatable bonds is 10. The van der Waals surface area contributed by atoms with E-state index in [1.54, 1.807) is 26.0 Å². The van der Waals surface area contributed by atoms with Gasteiger partial charge in [-0.05, 0) is 42.2 Å². The van der Waals surface area contributed by atoms with E-state index in [0.29, 0.717) is 5.56 Å². The Morgan fingerprint density at radius 1 is 1.07 bits per heavy atom. The number of carboxylic acid groups (broad SMARTS) is 1. The maximum absolute atomic E-state index is 13.1. The van der Waals surface area contributed by atoms with Crippen molar-refractivity contribution in [3.63, 3.8) is 0 Å². The Balaban J connectivity index is 1.62. The maximum Gasteiger partial charge on any atom is 0.317 e.